The van der Waals surface area contributed by atoms with E-state index >= 15 is 0 Å². The molecule has 0 atom stereocenters. The van der Waals surface area contributed by atoms with Gasteiger partial charge in [-0.1, -0.05) is 12.1 Å². The largest absolute Gasteiger partial charge is 0.443 e. The molecule has 3 heteroatoms. The number of oxazole rings is 1. The molecule has 1 aromatic heterocycles. The third-order valence-electron chi connectivity index (χ3n) is 1.24. The number of para-hydroxylation sites is 2. The number of hydrogen-bond donors (Lipinski definition) is 0. The van der Waals surface area contributed by atoms with Gasteiger partial charge in [0.25, 0.3) is 0 Å². The Morgan fingerprint density at radius 2 is 2.00 bits per heavy atom. The van der Waals surface area contributed by atoms with Crippen molar-refractivity contribution in [2.24, 2.45) is 0 Å². The van der Waals surface area contributed by atoms with Crippen LogP contribution in [0.15, 0.2) is 35.1 Å². The van der Waals surface area contributed by atoms with Crippen molar-refractivity contribution >= 4 is 11.1 Å². The molecule has 0 bridgehead atoms. The van der Waals surface area contributed by atoms with Gasteiger partial charge in [-0.3, -0.25) is 0 Å². The van der Waals surface area contributed by atoms with E-state index in [2.05, 4.69) is 4.98 Å². The first-order valence-corrected chi connectivity index (χ1v) is 2.75. The van der Waals surface area contributed by atoms with Crippen LogP contribution in [0.3, 0.4) is 0 Å². The minimum absolute atomic E-state index is 0. The van der Waals surface area contributed by atoms with Gasteiger partial charge < -0.3 is 4.42 Å². The minimum atomic E-state index is 0. The average molecular weight is 185 g/mol. The maximum absolute atomic E-state index is 5.01. The van der Waals surface area contributed by atoms with E-state index in [1.807, 2.05) is 24.3 Å². The molecule has 0 amide bonds. The van der Waals surface area contributed by atoms with Gasteiger partial charge in [0.15, 0.2) is 12.0 Å². The second-order valence-corrected chi connectivity index (χ2v) is 1.82. The summed E-state index contributed by atoms with van der Waals surface area (Å²) in [4.78, 5) is 3.95. The Balaban J connectivity index is 0.000000500. The van der Waals surface area contributed by atoms with Gasteiger partial charge in [-0.2, -0.15) is 0 Å². The van der Waals surface area contributed by atoms with Gasteiger partial charge >= 0.3 is 0 Å². The van der Waals surface area contributed by atoms with Crippen LogP contribution in [0.2, 0.25) is 0 Å². The monoisotopic (exact) mass is 183 g/mol. The predicted octanol–water partition coefficient (Wildman–Crippen LogP) is 1.83. The smallest absolute Gasteiger partial charge is 0.181 e. The fourth-order valence-corrected chi connectivity index (χ4v) is 0.803. The van der Waals surface area contributed by atoms with Crippen molar-refractivity contribution < 1.29 is 23.9 Å². The van der Waals surface area contributed by atoms with Crippen LogP contribution in [-0.4, -0.2) is 4.98 Å². The summed E-state index contributed by atoms with van der Waals surface area (Å²) < 4.78 is 5.01. The third-order valence-corrected chi connectivity index (χ3v) is 1.24. The third kappa shape index (κ3) is 1.10. The standard InChI is InChI=1S/C7H5NO.Zn/c1-2-4-7-6(3-1)8-5-9-7;/h1-5H;. The zero-order valence-electron chi connectivity index (χ0n) is 5.45. The van der Waals surface area contributed by atoms with Crippen LogP contribution in [0, 0.1) is 0 Å². The number of rotatable bonds is 0. The molecule has 2 aromatic rings. The van der Waals surface area contributed by atoms with Crippen LogP contribution in [0.4, 0.5) is 0 Å². The molecule has 0 radical (unpaired) electrons. The van der Waals surface area contributed by atoms with Gasteiger partial charge in [0, 0.05) is 19.5 Å². The summed E-state index contributed by atoms with van der Waals surface area (Å²) >= 11 is 0. The fourth-order valence-electron chi connectivity index (χ4n) is 0.803. The molecule has 0 saturated heterocycles. The summed E-state index contributed by atoms with van der Waals surface area (Å²) in [6.07, 6.45) is 1.45. The first-order valence-electron chi connectivity index (χ1n) is 2.75. The summed E-state index contributed by atoms with van der Waals surface area (Å²) in [6, 6.07) is 7.67. The Hall–Kier alpha value is -0.687. The summed E-state index contributed by atoms with van der Waals surface area (Å²) in [7, 11) is 0. The van der Waals surface area contributed by atoms with Gasteiger partial charge in [0.05, 0.1) is 0 Å². The second-order valence-electron chi connectivity index (χ2n) is 1.82. The van der Waals surface area contributed by atoms with Crippen molar-refractivity contribution in [1.29, 1.82) is 0 Å². The maximum Gasteiger partial charge on any atom is 0.181 e. The molecule has 0 spiro atoms. The van der Waals surface area contributed by atoms with Gasteiger partial charge in [-0.25, -0.2) is 4.98 Å². The van der Waals surface area contributed by atoms with Crippen LogP contribution in [0.25, 0.3) is 11.1 Å². The molecule has 0 aliphatic rings. The normalized spacial score (nSPS) is 9.20. The maximum atomic E-state index is 5.01. The van der Waals surface area contributed by atoms with Crippen LogP contribution >= 0.6 is 0 Å². The molecule has 0 N–H and O–H groups in total. The first-order chi connectivity index (χ1) is 4.47. The van der Waals surface area contributed by atoms with E-state index in [4.69, 9.17) is 4.42 Å². The zero-order valence-corrected chi connectivity index (χ0v) is 8.42. The Morgan fingerprint density at radius 3 is 2.80 bits per heavy atom. The molecule has 1 aromatic carbocycles. The predicted molar refractivity (Wildman–Crippen MR) is 34.0 cm³/mol. The molecule has 0 saturated carbocycles. The Labute approximate surface area is 71.0 Å². The summed E-state index contributed by atoms with van der Waals surface area (Å²) in [5.41, 5.74) is 1.76. The SMILES string of the molecule is [Zn].c1ccc2ocnc2c1. The Kier molecular flexibility index (Phi) is 2.18. The number of aromatic nitrogens is 1. The molecular formula is C7H5NOZn. The summed E-state index contributed by atoms with van der Waals surface area (Å²) in [6.45, 7) is 0. The molecule has 2 nitrogen and oxygen atoms in total. The number of fused-ring (bicyclic) bond motifs is 1. The van der Waals surface area contributed by atoms with E-state index in [0.29, 0.717) is 0 Å². The van der Waals surface area contributed by atoms with Crippen molar-refractivity contribution in [3.05, 3.63) is 30.7 Å². The quantitative estimate of drug-likeness (QED) is 0.584. The van der Waals surface area contributed by atoms with E-state index < -0.39 is 0 Å². The van der Waals surface area contributed by atoms with Crippen molar-refractivity contribution in [1.82, 2.24) is 4.98 Å². The number of benzene rings is 1. The fraction of sp³-hybridized carbons (Fsp3) is 0. The Bertz CT molecular complexity index is 288. The molecular weight excluding hydrogens is 179 g/mol. The summed E-state index contributed by atoms with van der Waals surface area (Å²) in [5.74, 6) is 0. The minimum Gasteiger partial charge on any atom is -0.443 e. The average Bonchev–Trinajstić information content (AvgIpc) is 2.33. The van der Waals surface area contributed by atoms with E-state index in [1.54, 1.807) is 0 Å². The number of nitrogens with zero attached hydrogens (tertiary/aromatic N) is 1. The van der Waals surface area contributed by atoms with Crippen LogP contribution in [0.5, 0.6) is 0 Å². The van der Waals surface area contributed by atoms with Crippen LogP contribution in [-0.2, 0) is 19.5 Å². The van der Waals surface area contributed by atoms with Crippen molar-refractivity contribution in [3.63, 3.8) is 0 Å². The van der Waals surface area contributed by atoms with E-state index in [-0.39, 0.29) is 19.5 Å². The van der Waals surface area contributed by atoms with Crippen molar-refractivity contribution in [2.45, 2.75) is 0 Å². The summed E-state index contributed by atoms with van der Waals surface area (Å²) in [5, 5.41) is 0. The molecule has 0 fully saturated rings. The molecule has 0 aliphatic carbocycles. The molecule has 0 aliphatic heterocycles. The first kappa shape index (κ1) is 7.42. The van der Waals surface area contributed by atoms with Gasteiger partial charge in [0.1, 0.15) is 5.52 Å². The molecule has 46 valence electrons. The van der Waals surface area contributed by atoms with Gasteiger partial charge in [-0.15, -0.1) is 0 Å². The van der Waals surface area contributed by atoms with Gasteiger partial charge in [-0.05, 0) is 12.1 Å². The van der Waals surface area contributed by atoms with E-state index in [0.717, 1.165) is 11.1 Å². The van der Waals surface area contributed by atoms with Crippen molar-refractivity contribution in [3.8, 4) is 0 Å². The Morgan fingerprint density at radius 1 is 1.20 bits per heavy atom. The van der Waals surface area contributed by atoms with Crippen LogP contribution < -0.4 is 0 Å². The van der Waals surface area contributed by atoms with E-state index in [1.165, 1.54) is 6.39 Å². The second kappa shape index (κ2) is 2.93. The van der Waals surface area contributed by atoms with Crippen molar-refractivity contribution in [2.75, 3.05) is 0 Å². The molecule has 0 unspecified atom stereocenters. The molecule has 2 rings (SSSR count). The van der Waals surface area contributed by atoms with E-state index in [9.17, 15) is 0 Å². The topological polar surface area (TPSA) is 26.0 Å². The zero-order chi connectivity index (χ0) is 6.10. The number of hydrogen-bond acceptors (Lipinski definition) is 2. The van der Waals surface area contributed by atoms with Crippen LogP contribution in [0.1, 0.15) is 0 Å². The molecule has 10 heavy (non-hydrogen) atoms. The molecule has 1 heterocycles. The van der Waals surface area contributed by atoms with Gasteiger partial charge in [0.2, 0.25) is 0 Å².